The highest BCUT2D eigenvalue weighted by atomic mass is 32.2. The van der Waals surface area contributed by atoms with Gasteiger partial charge in [-0.05, 0) is 36.8 Å². The van der Waals surface area contributed by atoms with Crippen LogP contribution in [0.4, 0.5) is 11.5 Å². The summed E-state index contributed by atoms with van der Waals surface area (Å²) in [5.41, 5.74) is 6.25. The van der Waals surface area contributed by atoms with Gasteiger partial charge in [-0.2, -0.15) is 0 Å². The zero-order valence-corrected chi connectivity index (χ0v) is 18.6. The number of hydrogen-bond donors (Lipinski definition) is 2. The van der Waals surface area contributed by atoms with E-state index in [-0.39, 0.29) is 36.1 Å². The Morgan fingerprint density at radius 2 is 1.66 bits per heavy atom. The van der Waals surface area contributed by atoms with Gasteiger partial charge in [0.2, 0.25) is 5.91 Å². The predicted octanol–water partition coefficient (Wildman–Crippen LogP) is 2.59. The minimum Gasteiger partial charge on any atom is -0.384 e. The lowest BCUT2D eigenvalue weighted by molar-refractivity contribution is -0.114. The van der Waals surface area contributed by atoms with E-state index in [1.165, 1.54) is 23.3 Å². The smallest absolute Gasteiger partial charge is 0.332 e. The van der Waals surface area contributed by atoms with E-state index in [0.29, 0.717) is 5.69 Å². The molecule has 0 unspecified atom stereocenters. The highest BCUT2D eigenvalue weighted by Gasteiger charge is 2.22. The number of anilines is 2. The number of nitrogen functional groups attached to an aromatic ring is 1. The Morgan fingerprint density at radius 3 is 2.25 bits per heavy atom. The van der Waals surface area contributed by atoms with E-state index in [9.17, 15) is 19.2 Å². The fourth-order valence-corrected chi connectivity index (χ4v) is 4.00. The number of thioether (sulfide) groups is 1. The van der Waals surface area contributed by atoms with Crippen LogP contribution in [-0.2, 0) is 17.9 Å². The summed E-state index contributed by atoms with van der Waals surface area (Å²) in [6.45, 7) is 3.38. The summed E-state index contributed by atoms with van der Waals surface area (Å²) in [5.74, 6) is -0.770. The summed E-state index contributed by atoms with van der Waals surface area (Å²) in [6, 6.07) is 16.2. The van der Waals surface area contributed by atoms with Crippen molar-refractivity contribution in [2.45, 2.75) is 31.8 Å². The zero-order chi connectivity index (χ0) is 23.3. The van der Waals surface area contributed by atoms with Crippen molar-refractivity contribution in [3.05, 3.63) is 86.6 Å². The van der Waals surface area contributed by atoms with Crippen molar-refractivity contribution in [2.75, 3.05) is 16.8 Å². The molecule has 3 N–H and O–H groups in total. The van der Waals surface area contributed by atoms with Crippen molar-refractivity contribution >= 4 is 35.0 Å². The van der Waals surface area contributed by atoms with Crippen LogP contribution < -0.4 is 22.3 Å². The molecule has 0 aliphatic heterocycles. The van der Waals surface area contributed by atoms with Gasteiger partial charge in [0.1, 0.15) is 11.4 Å². The number of carbonyl (C=O) groups excluding carboxylic acids is 2. The van der Waals surface area contributed by atoms with E-state index in [0.717, 1.165) is 15.0 Å². The fourth-order valence-electron chi connectivity index (χ4n) is 3.23. The zero-order valence-electron chi connectivity index (χ0n) is 17.8. The fraction of sp³-hybridized carbons (Fsp3) is 0.217. The first-order valence-corrected chi connectivity index (χ1v) is 11.0. The van der Waals surface area contributed by atoms with Crippen LogP contribution in [0, 0.1) is 0 Å². The molecule has 1 aromatic heterocycles. The van der Waals surface area contributed by atoms with Gasteiger partial charge in [-0.1, -0.05) is 30.3 Å². The molecule has 0 aliphatic rings. The van der Waals surface area contributed by atoms with Crippen LogP contribution in [0.2, 0.25) is 0 Å². The Kier molecular flexibility index (Phi) is 7.32. The average Bonchev–Trinajstić information content (AvgIpc) is 2.77. The molecule has 0 aliphatic carbocycles. The molecule has 0 atom stereocenters. The largest absolute Gasteiger partial charge is 0.384 e. The summed E-state index contributed by atoms with van der Waals surface area (Å²) in [6.07, 6.45) is 0. The number of nitrogens with one attached hydrogen (secondary N) is 1. The average molecular weight is 453 g/mol. The molecule has 32 heavy (non-hydrogen) atoms. The van der Waals surface area contributed by atoms with Crippen LogP contribution in [0.15, 0.2) is 69.1 Å². The first-order chi connectivity index (χ1) is 15.3. The van der Waals surface area contributed by atoms with Gasteiger partial charge in [0.05, 0.1) is 12.3 Å². The van der Waals surface area contributed by atoms with E-state index in [4.69, 9.17) is 5.73 Å². The number of aromatic nitrogens is 2. The first-order valence-electron chi connectivity index (χ1n) is 10.0. The molecule has 0 radical (unpaired) electrons. The molecule has 2 aromatic carbocycles. The summed E-state index contributed by atoms with van der Waals surface area (Å²) >= 11 is 1.24. The number of benzene rings is 2. The van der Waals surface area contributed by atoms with Gasteiger partial charge in [0.15, 0.2) is 5.78 Å². The van der Waals surface area contributed by atoms with Crippen molar-refractivity contribution in [3.63, 3.8) is 0 Å². The second kappa shape index (κ2) is 10.1. The normalized spacial score (nSPS) is 10.7. The van der Waals surface area contributed by atoms with Crippen LogP contribution in [0.3, 0.4) is 0 Å². The Balaban J connectivity index is 1.88. The maximum Gasteiger partial charge on any atom is 0.332 e. The van der Waals surface area contributed by atoms with Crippen LogP contribution in [0.5, 0.6) is 0 Å². The summed E-state index contributed by atoms with van der Waals surface area (Å²) in [5, 5.41) is 2.67. The molecular formula is C23H24N4O4S. The van der Waals surface area contributed by atoms with Crippen LogP contribution in [0.1, 0.15) is 29.8 Å². The minimum atomic E-state index is -0.675. The molecule has 0 spiro atoms. The molecule has 0 fully saturated rings. The summed E-state index contributed by atoms with van der Waals surface area (Å²) < 4.78 is 2.29. The number of Topliss-reactive ketones (excluding diaryl/α,β-unsaturated/α-hetero) is 1. The molecule has 1 amide bonds. The predicted molar refractivity (Wildman–Crippen MR) is 126 cm³/mol. The Hall–Kier alpha value is -3.59. The Bertz CT molecular complexity index is 1250. The van der Waals surface area contributed by atoms with Gasteiger partial charge >= 0.3 is 5.69 Å². The van der Waals surface area contributed by atoms with Gasteiger partial charge < -0.3 is 11.1 Å². The van der Waals surface area contributed by atoms with Gasteiger partial charge in [0, 0.05) is 24.1 Å². The van der Waals surface area contributed by atoms with Crippen molar-refractivity contribution in [2.24, 2.45) is 0 Å². The third-order valence-corrected chi connectivity index (χ3v) is 5.80. The lowest BCUT2D eigenvalue weighted by Crippen LogP contribution is -2.44. The van der Waals surface area contributed by atoms with Crippen molar-refractivity contribution in [3.8, 4) is 0 Å². The highest BCUT2D eigenvalue weighted by Crippen LogP contribution is 2.22. The number of nitrogens with zero attached hydrogens (tertiary/aromatic N) is 2. The van der Waals surface area contributed by atoms with E-state index in [1.807, 2.05) is 30.3 Å². The van der Waals surface area contributed by atoms with Crippen LogP contribution in [0.25, 0.3) is 0 Å². The quantitative estimate of drug-likeness (QED) is 0.401. The molecule has 9 heteroatoms. The van der Waals surface area contributed by atoms with Crippen LogP contribution in [-0.4, -0.2) is 26.6 Å². The van der Waals surface area contributed by atoms with Crippen molar-refractivity contribution in [1.29, 1.82) is 0 Å². The number of carbonyl (C=O) groups is 2. The summed E-state index contributed by atoms with van der Waals surface area (Å²) in [4.78, 5) is 50.5. The minimum absolute atomic E-state index is 0.0216. The Morgan fingerprint density at radius 1 is 1.00 bits per heavy atom. The van der Waals surface area contributed by atoms with Crippen molar-refractivity contribution < 1.29 is 9.59 Å². The van der Waals surface area contributed by atoms with Gasteiger partial charge in [-0.3, -0.25) is 23.5 Å². The third kappa shape index (κ3) is 5.17. The molecule has 1 heterocycles. The SMILES string of the molecule is CCn1c(=O)c(C(=O)CSc2ccc(NC(C)=O)cc2)c(N)n(Cc2ccccc2)c1=O. The summed E-state index contributed by atoms with van der Waals surface area (Å²) in [7, 11) is 0. The lowest BCUT2D eigenvalue weighted by atomic mass is 10.2. The second-order valence-corrected chi connectivity index (χ2v) is 8.13. The number of hydrogen-bond acceptors (Lipinski definition) is 6. The van der Waals surface area contributed by atoms with Gasteiger partial charge in [0.25, 0.3) is 5.56 Å². The van der Waals surface area contributed by atoms with Crippen molar-refractivity contribution in [1.82, 2.24) is 9.13 Å². The number of ketones is 1. The molecular weight excluding hydrogens is 428 g/mol. The topological polar surface area (TPSA) is 116 Å². The monoisotopic (exact) mass is 452 g/mol. The lowest BCUT2D eigenvalue weighted by Gasteiger charge is -2.15. The Labute approximate surface area is 189 Å². The standard InChI is InChI=1S/C23H24N4O4S/c1-3-26-22(30)20(21(24)27(23(26)31)13-16-7-5-4-6-8-16)19(29)14-32-18-11-9-17(10-12-18)25-15(2)28/h4-12H,3,13-14,24H2,1-2H3,(H,25,28). The third-order valence-electron chi connectivity index (χ3n) is 4.79. The van der Waals surface area contributed by atoms with Gasteiger partial charge in [-0.15, -0.1) is 11.8 Å². The molecule has 0 bridgehead atoms. The van der Waals surface area contributed by atoms with E-state index < -0.39 is 17.0 Å². The number of rotatable bonds is 8. The molecule has 3 rings (SSSR count). The number of nitrogens with two attached hydrogens (primary N) is 1. The number of amides is 1. The van der Waals surface area contributed by atoms with Crippen LogP contribution >= 0.6 is 11.8 Å². The molecule has 8 nitrogen and oxygen atoms in total. The highest BCUT2D eigenvalue weighted by molar-refractivity contribution is 8.00. The molecule has 0 saturated heterocycles. The van der Waals surface area contributed by atoms with Gasteiger partial charge in [-0.25, -0.2) is 4.79 Å². The molecule has 166 valence electrons. The van der Waals surface area contributed by atoms with E-state index >= 15 is 0 Å². The second-order valence-electron chi connectivity index (χ2n) is 7.08. The maximum absolute atomic E-state index is 13.0. The van der Waals surface area contributed by atoms with E-state index in [1.54, 1.807) is 31.2 Å². The first kappa shape index (κ1) is 23.1. The maximum atomic E-state index is 13.0. The molecule has 3 aromatic rings. The van der Waals surface area contributed by atoms with E-state index in [2.05, 4.69) is 5.32 Å². The molecule has 0 saturated carbocycles.